The molecule has 0 aliphatic carbocycles. The van der Waals surface area contributed by atoms with E-state index < -0.39 is 11.8 Å². The second-order valence-electron chi connectivity index (χ2n) is 4.13. The van der Waals surface area contributed by atoms with Crippen molar-refractivity contribution in [2.24, 2.45) is 0 Å². The number of carboxylic acid groups (broad SMARTS) is 1. The van der Waals surface area contributed by atoms with Crippen LogP contribution in [0.2, 0.25) is 0 Å². The maximum atomic E-state index is 12.8. The van der Waals surface area contributed by atoms with E-state index in [2.05, 4.69) is 0 Å². The summed E-state index contributed by atoms with van der Waals surface area (Å²) < 4.78 is 12.8. The molecule has 4 heteroatoms. The molecule has 0 saturated heterocycles. The Morgan fingerprint density at radius 3 is 1.90 bits per heavy atom. The molecule has 3 nitrogen and oxygen atoms in total. The van der Waals surface area contributed by atoms with E-state index in [0.717, 1.165) is 6.08 Å². The molecule has 2 aromatic rings. The minimum atomic E-state index is -1.03. The molecule has 0 aliphatic rings. The average molecular weight is 270 g/mol. The summed E-state index contributed by atoms with van der Waals surface area (Å²) in [6, 6.07) is 11.8. The monoisotopic (exact) mass is 270 g/mol. The Bertz CT molecular complexity index is 655. The van der Waals surface area contributed by atoms with Gasteiger partial charge in [-0.3, -0.25) is 4.79 Å². The molecular formula is C16H11FO3. The summed E-state index contributed by atoms with van der Waals surface area (Å²) >= 11 is 0. The Balaban J connectivity index is 2.19. The highest BCUT2D eigenvalue weighted by Crippen LogP contribution is 2.12. The van der Waals surface area contributed by atoms with Gasteiger partial charge in [-0.2, -0.15) is 0 Å². The van der Waals surface area contributed by atoms with Crippen LogP contribution >= 0.6 is 0 Å². The summed E-state index contributed by atoms with van der Waals surface area (Å²) in [7, 11) is 0. The van der Waals surface area contributed by atoms with Gasteiger partial charge in [0.2, 0.25) is 0 Å². The molecule has 100 valence electrons. The molecule has 0 saturated carbocycles. The fourth-order valence-electron chi connectivity index (χ4n) is 1.68. The van der Waals surface area contributed by atoms with E-state index in [1.165, 1.54) is 30.3 Å². The lowest BCUT2D eigenvalue weighted by molar-refractivity contribution is -0.131. The van der Waals surface area contributed by atoms with Gasteiger partial charge in [-0.25, -0.2) is 9.18 Å². The van der Waals surface area contributed by atoms with Gasteiger partial charge in [0.25, 0.3) is 0 Å². The van der Waals surface area contributed by atoms with Crippen LogP contribution in [0.1, 0.15) is 21.5 Å². The SMILES string of the molecule is O=C(O)C=Cc1ccc(C(=O)c2ccc(F)cc2)cc1. The lowest BCUT2D eigenvalue weighted by Crippen LogP contribution is -2.01. The molecule has 0 spiro atoms. The highest BCUT2D eigenvalue weighted by molar-refractivity contribution is 6.09. The van der Waals surface area contributed by atoms with Crippen molar-refractivity contribution in [3.63, 3.8) is 0 Å². The van der Waals surface area contributed by atoms with Crippen LogP contribution < -0.4 is 0 Å². The lowest BCUT2D eigenvalue weighted by atomic mass is 10.0. The van der Waals surface area contributed by atoms with E-state index in [0.29, 0.717) is 16.7 Å². The van der Waals surface area contributed by atoms with Crippen LogP contribution in [0.3, 0.4) is 0 Å². The first kappa shape index (κ1) is 13.7. The van der Waals surface area contributed by atoms with Crippen molar-refractivity contribution in [2.75, 3.05) is 0 Å². The smallest absolute Gasteiger partial charge is 0.328 e. The van der Waals surface area contributed by atoms with Crippen molar-refractivity contribution < 1.29 is 19.1 Å². The van der Waals surface area contributed by atoms with Crippen molar-refractivity contribution >= 4 is 17.8 Å². The summed E-state index contributed by atoms with van der Waals surface area (Å²) in [4.78, 5) is 22.5. The number of carbonyl (C=O) groups excluding carboxylic acids is 1. The van der Waals surface area contributed by atoms with Crippen LogP contribution in [0, 0.1) is 5.82 Å². The topological polar surface area (TPSA) is 54.4 Å². The number of rotatable bonds is 4. The predicted molar refractivity (Wildman–Crippen MR) is 72.9 cm³/mol. The Morgan fingerprint density at radius 2 is 1.40 bits per heavy atom. The van der Waals surface area contributed by atoms with Gasteiger partial charge in [0.1, 0.15) is 5.82 Å². The summed E-state index contributed by atoms with van der Waals surface area (Å²) in [6.07, 6.45) is 2.46. The van der Waals surface area contributed by atoms with Crippen LogP contribution in [0.25, 0.3) is 6.08 Å². The van der Waals surface area contributed by atoms with E-state index >= 15 is 0 Å². The third-order valence-corrected chi connectivity index (χ3v) is 2.70. The molecule has 20 heavy (non-hydrogen) atoms. The number of benzene rings is 2. The first-order valence-electron chi connectivity index (χ1n) is 5.87. The Hall–Kier alpha value is -2.75. The lowest BCUT2D eigenvalue weighted by Gasteiger charge is -2.02. The number of ketones is 1. The molecule has 0 radical (unpaired) electrons. The van der Waals surface area contributed by atoms with E-state index in [1.54, 1.807) is 24.3 Å². The molecule has 0 aliphatic heterocycles. The van der Waals surface area contributed by atoms with E-state index in [-0.39, 0.29) is 5.78 Å². The van der Waals surface area contributed by atoms with Crippen LogP contribution in [0.4, 0.5) is 4.39 Å². The molecule has 0 amide bonds. The van der Waals surface area contributed by atoms with Crippen LogP contribution in [0.15, 0.2) is 54.6 Å². The first-order valence-corrected chi connectivity index (χ1v) is 5.87. The average Bonchev–Trinajstić information content (AvgIpc) is 2.46. The van der Waals surface area contributed by atoms with Crippen LogP contribution in [-0.2, 0) is 4.79 Å². The van der Waals surface area contributed by atoms with Gasteiger partial charge in [-0.1, -0.05) is 24.3 Å². The molecule has 0 atom stereocenters. The van der Waals surface area contributed by atoms with Gasteiger partial charge in [0.15, 0.2) is 5.78 Å². The van der Waals surface area contributed by atoms with E-state index in [4.69, 9.17) is 5.11 Å². The number of hydrogen-bond acceptors (Lipinski definition) is 2. The number of carbonyl (C=O) groups is 2. The molecule has 0 heterocycles. The standard InChI is InChI=1S/C16H11FO3/c17-14-8-6-13(7-9-14)16(20)12-4-1-11(2-5-12)3-10-15(18)19/h1-10H,(H,18,19). The molecule has 2 aromatic carbocycles. The van der Waals surface area contributed by atoms with Crippen molar-refractivity contribution in [3.05, 3.63) is 77.1 Å². The van der Waals surface area contributed by atoms with Crippen molar-refractivity contribution in [1.82, 2.24) is 0 Å². The normalized spacial score (nSPS) is 10.7. The van der Waals surface area contributed by atoms with Crippen LogP contribution in [0.5, 0.6) is 0 Å². The second-order valence-corrected chi connectivity index (χ2v) is 4.13. The second kappa shape index (κ2) is 5.93. The van der Waals surface area contributed by atoms with Crippen LogP contribution in [-0.4, -0.2) is 16.9 Å². The number of hydrogen-bond donors (Lipinski definition) is 1. The van der Waals surface area contributed by atoms with Gasteiger partial charge >= 0.3 is 5.97 Å². The number of halogens is 1. The van der Waals surface area contributed by atoms with E-state index in [9.17, 15) is 14.0 Å². The Kier molecular flexibility index (Phi) is 4.05. The fraction of sp³-hybridized carbons (Fsp3) is 0. The zero-order chi connectivity index (χ0) is 14.5. The highest BCUT2D eigenvalue weighted by atomic mass is 19.1. The molecule has 0 unspecified atom stereocenters. The quantitative estimate of drug-likeness (QED) is 0.686. The minimum Gasteiger partial charge on any atom is -0.478 e. The van der Waals surface area contributed by atoms with Gasteiger partial charge in [-0.15, -0.1) is 0 Å². The molecular weight excluding hydrogens is 259 g/mol. The third-order valence-electron chi connectivity index (χ3n) is 2.70. The number of aliphatic carboxylic acids is 1. The summed E-state index contributed by atoms with van der Waals surface area (Å²) in [6.45, 7) is 0. The zero-order valence-corrected chi connectivity index (χ0v) is 10.4. The maximum absolute atomic E-state index is 12.8. The Labute approximate surface area is 115 Å². The molecule has 0 bridgehead atoms. The van der Waals surface area contributed by atoms with Crippen molar-refractivity contribution in [1.29, 1.82) is 0 Å². The maximum Gasteiger partial charge on any atom is 0.328 e. The fourth-order valence-corrected chi connectivity index (χ4v) is 1.68. The number of carboxylic acids is 1. The largest absolute Gasteiger partial charge is 0.478 e. The molecule has 2 rings (SSSR count). The van der Waals surface area contributed by atoms with Gasteiger partial charge in [0.05, 0.1) is 0 Å². The zero-order valence-electron chi connectivity index (χ0n) is 10.4. The van der Waals surface area contributed by atoms with Gasteiger partial charge < -0.3 is 5.11 Å². The van der Waals surface area contributed by atoms with Gasteiger partial charge in [-0.05, 0) is 35.9 Å². The molecule has 0 aromatic heterocycles. The van der Waals surface area contributed by atoms with Gasteiger partial charge in [0, 0.05) is 17.2 Å². The summed E-state index contributed by atoms with van der Waals surface area (Å²) in [5, 5.41) is 8.52. The first-order chi connectivity index (χ1) is 9.56. The summed E-state index contributed by atoms with van der Waals surface area (Å²) in [5.74, 6) is -1.63. The minimum absolute atomic E-state index is 0.209. The third kappa shape index (κ3) is 3.38. The summed E-state index contributed by atoms with van der Waals surface area (Å²) in [5.41, 5.74) is 1.55. The Morgan fingerprint density at radius 1 is 0.900 bits per heavy atom. The highest BCUT2D eigenvalue weighted by Gasteiger charge is 2.08. The van der Waals surface area contributed by atoms with Crippen molar-refractivity contribution in [2.45, 2.75) is 0 Å². The van der Waals surface area contributed by atoms with E-state index in [1.807, 2.05) is 0 Å². The molecule has 0 fully saturated rings. The predicted octanol–water partition coefficient (Wildman–Crippen LogP) is 3.15. The molecule has 1 N–H and O–H groups in total. The van der Waals surface area contributed by atoms with Crippen molar-refractivity contribution in [3.8, 4) is 0 Å².